The summed E-state index contributed by atoms with van der Waals surface area (Å²) < 4.78 is 59.8. The summed E-state index contributed by atoms with van der Waals surface area (Å²) in [5, 5.41) is 23.4. The van der Waals surface area contributed by atoms with E-state index in [9.17, 15) is 31.8 Å². The van der Waals surface area contributed by atoms with E-state index in [0.29, 0.717) is 36.9 Å². The summed E-state index contributed by atoms with van der Waals surface area (Å²) in [7, 11) is -9.14. The van der Waals surface area contributed by atoms with Crippen LogP contribution in [0.4, 0.5) is 5.69 Å². The maximum atomic E-state index is 13.4. The quantitative estimate of drug-likeness (QED) is 0.175. The number of nitrogens with one attached hydrogen (secondary N) is 1. The number of ether oxygens (including phenoxy) is 1. The Morgan fingerprint density at radius 1 is 1.02 bits per heavy atom. The number of hydrogen-bond acceptors (Lipinski definition) is 10. The van der Waals surface area contributed by atoms with Gasteiger partial charge < -0.3 is 19.9 Å². The molecule has 0 fully saturated rings. The molecule has 0 bridgehead atoms. The molecule has 0 saturated heterocycles. The van der Waals surface area contributed by atoms with Gasteiger partial charge in [-0.05, 0) is 37.5 Å². The fraction of sp³-hybridized carbons (Fsp3) is 0.607. The summed E-state index contributed by atoms with van der Waals surface area (Å²) in [5.41, 5.74) is 0.205. The number of hydrogen-bond donors (Lipinski definition) is 3. The molecule has 3 aromatic rings. The Morgan fingerprint density at radius 3 is 2.28 bits per heavy atom. The van der Waals surface area contributed by atoms with Gasteiger partial charge in [-0.3, -0.25) is 4.79 Å². The largest absolute Gasteiger partial charge is 0.493 e. The number of imidazole rings is 1. The van der Waals surface area contributed by atoms with Gasteiger partial charge in [0.2, 0.25) is 20.0 Å². The van der Waals surface area contributed by atoms with E-state index in [-0.39, 0.29) is 32.1 Å². The summed E-state index contributed by atoms with van der Waals surface area (Å²) in [4.78, 5) is 20.7. The summed E-state index contributed by atoms with van der Waals surface area (Å²) >= 11 is 0. The number of aliphatic hydroxyl groups excluding tert-OH is 2. The lowest BCUT2D eigenvalue weighted by Crippen LogP contribution is -2.41. The van der Waals surface area contributed by atoms with Crippen molar-refractivity contribution in [2.45, 2.75) is 72.6 Å². The van der Waals surface area contributed by atoms with Crippen molar-refractivity contribution in [2.24, 2.45) is 5.92 Å². The zero-order valence-corrected chi connectivity index (χ0v) is 26.9. The number of aryl methyl sites for hydroxylation is 1. The van der Waals surface area contributed by atoms with E-state index in [1.165, 1.54) is 22.7 Å². The van der Waals surface area contributed by atoms with E-state index in [2.05, 4.69) is 23.8 Å². The number of sulfonamides is 2. The first kappa shape index (κ1) is 34.5. The number of anilines is 1. The number of aliphatic hydroxyl groups is 2. The topological polar surface area (TPSA) is 184 Å². The van der Waals surface area contributed by atoms with E-state index in [0.717, 1.165) is 32.1 Å². The molecule has 1 atom stereocenters. The van der Waals surface area contributed by atoms with Gasteiger partial charge in [0.25, 0.3) is 5.56 Å². The van der Waals surface area contributed by atoms with Gasteiger partial charge in [-0.25, -0.2) is 26.3 Å². The Morgan fingerprint density at radius 2 is 1.70 bits per heavy atom. The molecular formula is C28H43N5O8S2. The Kier molecular flexibility index (Phi) is 12.1. The van der Waals surface area contributed by atoms with Crippen molar-refractivity contribution in [2.75, 3.05) is 35.0 Å². The van der Waals surface area contributed by atoms with Gasteiger partial charge in [-0.15, -0.1) is 5.10 Å². The molecule has 240 valence electrons. The van der Waals surface area contributed by atoms with E-state index < -0.39 is 50.3 Å². The third-order valence-corrected chi connectivity index (χ3v) is 11.3. The first-order valence-electron chi connectivity index (χ1n) is 14.7. The molecular weight excluding hydrogens is 598 g/mol. The number of aromatic nitrogens is 4. The third-order valence-electron chi connectivity index (χ3n) is 7.10. The Hall–Kier alpha value is -3.01. The average Bonchev–Trinajstić information content (AvgIpc) is 3.26. The maximum absolute atomic E-state index is 13.4. The van der Waals surface area contributed by atoms with Crippen LogP contribution in [0.1, 0.15) is 70.8 Å². The summed E-state index contributed by atoms with van der Waals surface area (Å²) in [5.74, 6) is -0.491. The molecule has 2 aromatic heterocycles. The zero-order valence-electron chi connectivity index (χ0n) is 25.2. The molecule has 1 unspecified atom stereocenters. The van der Waals surface area contributed by atoms with Crippen LogP contribution in [-0.4, -0.2) is 78.0 Å². The number of nitrogens with zero attached hydrogens (tertiary/aromatic N) is 4. The second kappa shape index (κ2) is 15.1. The van der Waals surface area contributed by atoms with E-state index in [1.807, 2.05) is 6.92 Å². The Balaban J connectivity index is 2.24. The second-order valence-corrected chi connectivity index (χ2v) is 14.6. The standard InChI is InChI=1S/C28H43N5O8S2/c1-5-8-9-10-21(7-3)18-25-29-20(4)26-28(36)30-27(31-32(25)26)23-19-22(11-12-24(23)41-15-6-2)33(42(37,38)16-13-34)43(39,40)17-14-35/h11-12,19,21,34-35H,5-10,13-18H2,1-4H3,(H,30,31,36). The molecule has 0 spiro atoms. The van der Waals surface area contributed by atoms with Gasteiger partial charge in [0.15, 0.2) is 11.3 Å². The molecule has 0 saturated carbocycles. The second-order valence-electron chi connectivity index (χ2n) is 10.5. The van der Waals surface area contributed by atoms with Gasteiger partial charge in [0, 0.05) is 6.42 Å². The summed E-state index contributed by atoms with van der Waals surface area (Å²) in [6.45, 7) is 6.57. The fourth-order valence-electron chi connectivity index (χ4n) is 4.93. The first-order valence-corrected chi connectivity index (χ1v) is 17.9. The van der Waals surface area contributed by atoms with Crippen LogP contribution in [0, 0.1) is 12.8 Å². The monoisotopic (exact) mass is 641 g/mol. The van der Waals surface area contributed by atoms with Crippen molar-refractivity contribution < 1.29 is 31.8 Å². The number of aromatic amines is 1. The molecule has 13 nitrogen and oxygen atoms in total. The van der Waals surface area contributed by atoms with Crippen molar-refractivity contribution in [3.8, 4) is 17.1 Å². The maximum Gasteiger partial charge on any atom is 0.277 e. The van der Waals surface area contributed by atoms with Crippen molar-refractivity contribution >= 4 is 31.3 Å². The molecule has 3 N–H and O–H groups in total. The predicted molar refractivity (Wildman–Crippen MR) is 165 cm³/mol. The van der Waals surface area contributed by atoms with E-state index in [1.54, 1.807) is 6.92 Å². The van der Waals surface area contributed by atoms with Crippen LogP contribution in [0.25, 0.3) is 16.9 Å². The average molecular weight is 642 g/mol. The van der Waals surface area contributed by atoms with Crippen molar-refractivity contribution in [1.29, 1.82) is 0 Å². The van der Waals surface area contributed by atoms with Crippen LogP contribution < -0.4 is 14.0 Å². The van der Waals surface area contributed by atoms with Crippen molar-refractivity contribution in [3.63, 3.8) is 0 Å². The molecule has 0 aliphatic rings. The molecule has 15 heteroatoms. The normalized spacial score (nSPS) is 13.0. The number of fused-ring (bicyclic) bond motifs is 1. The minimum Gasteiger partial charge on any atom is -0.493 e. The van der Waals surface area contributed by atoms with Crippen molar-refractivity contribution in [1.82, 2.24) is 19.6 Å². The molecule has 2 heterocycles. The molecule has 0 aliphatic heterocycles. The van der Waals surface area contributed by atoms with Crippen LogP contribution in [0.5, 0.6) is 5.75 Å². The van der Waals surface area contributed by atoms with Crippen molar-refractivity contribution in [3.05, 3.63) is 40.1 Å². The van der Waals surface area contributed by atoms with Gasteiger partial charge in [0.1, 0.15) is 11.6 Å². The minimum atomic E-state index is -4.57. The number of rotatable bonds is 18. The van der Waals surface area contributed by atoms with Gasteiger partial charge in [-0.2, -0.15) is 3.71 Å². The van der Waals surface area contributed by atoms with E-state index >= 15 is 0 Å². The van der Waals surface area contributed by atoms with Gasteiger partial charge >= 0.3 is 0 Å². The third kappa shape index (κ3) is 8.13. The van der Waals surface area contributed by atoms with Gasteiger partial charge in [0.05, 0.1) is 48.3 Å². The number of benzene rings is 1. The Bertz CT molecular complexity index is 1620. The first-order chi connectivity index (χ1) is 20.4. The highest BCUT2D eigenvalue weighted by Crippen LogP contribution is 2.34. The highest BCUT2D eigenvalue weighted by Gasteiger charge is 2.34. The zero-order chi connectivity index (χ0) is 31.8. The highest BCUT2D eigenvalue weighted by atomic mass is 32.3. The van der Waals surface area contributed by atoms with Crippen LogP contribution >= 0.6 is 0 Å². The Labute approximate surface area is 253 Å². The molecule has 0 radical (unpaired) electrons. The number of H-pyrrole nitrogens is 1. The van der Waals surface area contributed by atoms with E-state index in [4.69, 9.17) is 9.84 Å². The predicted octanol–water partition coefficient (Wildman–Crippen LogP) is 2.78. The lowest BCUT2D eigenvalue weighted by atomic mass is 9.95. The fourth-order valence-corrected chi connectivity index (χ4v) is 8.42. The van der Waals surface area contributed by atoms with Crippen LogP contribution in [-0.2, 0) is 26.5 Å². The summed E-state index contributed by atoms with van der Waals surface area (Å²) in [6, 6.07) is 3.91. The molecule has 0 amide bonds. The van der Waals surface area contributed by atoms with Crippen LogP contribution in [0.3, 0.4) is 0 Å². The number of unbranched alkanes of at least 4 members (excludes halogenated alkanes) is 2. The molecule has 1 aromatic carbocycles. The smallest absolute Gasteiger partial charge is 0.277 e. The molecule has 0 aliphatic carbocycles. The summed E-state index contributed by atoms with van der Waals surface area (Å²) in [6.07, 6.45) is 6.55. The van der Waals surface area contributed by atoms with Crippen LogP contribution in [0.2, 0.25) is 0 Å². The lowest BCUT2D eigenvalue weighted by molar-refractivity contribution is 0.318. The minimum absolute atomic E-state index is 0.0298. The van der Waals surface area contributed by atoms with Gasteiger partial charge in [-0.1, -0.05) is 52.9 Å². The molecule has 3 rings (SSSR count). The SMILES string of the molecule is CCCCCC(CC)Cc1nc(C)c2c(=O)[nH]c(-c3cc(N(S(=O)(=O)CCO)S(=O)(=O)CCO)ccc3OCCC)nn12. The lowest BCUT2D eigenvalue weighted by Gasteiger charge is -2.24. The van der Waals surface area contributed by atoms with Crippen LogP contribution in [0.15, 0.2) is 23.0 Å². The highest BCUT2D eigenvalue weighted by molar-refractivity contribution is 8.10. The molecule has 43 heavy (non-hydrogen) atoms.